The zero-order valence-electron chi connectivity index (χ0n) is 10.2. The molecule has 0 aromatic heterocycles. The highest BCUT2D eigenvalue weighted by Gasteiger charge is 2.17. The highest BCUT2D eigenvalue weighted by Crippen LogP contribution is 2.29. The summed E-state index contributed by atoms with van der Waals surface area (Å²) in [6.45, 7) is 20.6. The molecule has 0 aliphatic carbocycles. The predicted octanol–water partition coefficient (Wildman–Crippen LogP) is 4.75. The maximum Gasteiger partial charge on any atom is -0.0143 e. The summed E-state index contributed by atoms with van der Waals surface area (Å²) in [5, 5.41) is 0. The monoisotopic (exact) mass is 192 g/mol. The van der Waals surface area contributed by atoms with E-state index in [9.17, 15) is 0 Å². The van der Waals surface area contributed by atoms with E-state index >= 15 is 0 Å². The van der Waals surface area contributed by atoms with Crippen molar-refractivity contribution in [3.05, 3.63) is 36.5 Å². The van der Waals surface area contributed by atoms with Crippen molar-refractivity contribution in [1.82, 2.24) is 0 Å². The van der Waals surface area contributed by atoms with Gasteiger partial charge >= 0.3 is 0 Å². The van der Waals surface area contributed by atoms with Crippen molar-refractivity contribution >= 4 is 0 Å². The van der Waals surface area contributed by atoms with E-state index in [1.54, 1.807) is 0 Å². The standard InChI is InChI=1S/C14H24/c1-10(2)8-9-14(12(5)6)13(7)11(3)4/h13-14H,1,3,5,8-9H2,2,4,6-7H3. The summed E-state index contributed by atoms with van der Waals surface area (Å²) in [5.41, 5.74) is 3.77. The van der Waals surface area contributed by atoms with Crippen LogP contribution in [0.2, 0.25) is 0 Å². The molecule has 0 rings (SSSR count). The Labute approximate surface area is 89.4 Å². The molecular formula is C14H24. The molecule has 0 heterocycles. The molecule has 0 bridgehead atoms. The molecule has 2 atom stereocenters. The number of hydrogen-bond donors (Lipinski definition) is 0. The molecule has 0 aromatic rings. The third-order valence-electron chi connectivity index (χ3n) is 2.90. The van der Waals surface area contributed by atoms with E-state index in [-0.39, 0.29) is 0 Å². The maximum atomic E-state index is 4.07. The third kappa shape index (κ3) is 4.45. The first-order valence-electron chi connectivity index (χ1n) is 5.31. The predicted molar refractivity (Wildman–Crippen MR) is 66.3 cm³/mol. The summed E-state index contributed by atoms with van der Waals surface area (Å²) in [7, 11) is 0. The van der Waals surface area contributed by atoms with E-state index < -0.39 is 0 Å². The fraction of sp³-hybridized carbons (Fsp3) is 0.571. The highest BCUT2D eigenvalue weighted by atomic mass is 14.2. The molecule has 0 aliphatic rings. The second kappa shape index (κ2) is 5.85. The molecule has 0 amide bonds. The lowest BCUT2D eigenvalue weighted by Crippen LogP contribution is -2.13. The van der Waals surface area contributed by atoms with Crippen LogP contribution >= 0.6 is 0 Å². The van der Waals surface area contributed by atoms with Crippen molar-refractivity contribution in [2.75, 3.05) is 0 Å². The van der Waals surface area contributed by atoms with Crippen LogP contribution in [-0.2, 0) is 0 Å². The summed E-state index contributed by atoms with van der Waals surface area (Å²) in [6.07, 6.45) is 2.24. The molecule has 0 spiro atoms. The fourth-order valence-electron chi connectivity index (χ4n) is 1.67. The van der Waals surface area contributed by atoms with E-state index in [4.69, 9.17) is 0 Å². The Kier molecular flexibility index (Phi) is 5.52. The van der Waals surface area contributed by atoms with Gasteiger partial charge < -0.3 is 0 Å². The van der Waals surface area contributed by atoms with Crippen molar-refractivity contribution < 1.29 is 0 Å². The summed E-state index contributed by atoms with van der Waals surface area (Å²) in [5.74, 6) is 1.09. The first-order chi connectivity index (χ1) is 6.36. The van der Waals surface area contributed by atoms with Crippen LogP contribution in [0.15, 0.2) is 36.5 Å². The molecule has 0 saturated heterocycles. The summed E-state index contributed by atoms with van der Waals surface area (Å²) < 4.78 is 0. The fourth-order valence-corrected chi connectivity index (χ4v) is 1.67. The summed E-state index contributed by atoms with van der Waals surface area (Å²) in [6, 6.07) is 0. The first-order valence-corrected chi connectivity index (χ1v) is 5.31. The average molecular weight is 192 g/mol. The maximum absolute atomic E-state index is 4.07. The Morgan fingerprint density at radius 3 is 1.79 bits per heavy atom. The molecule has 80 valence electrons. The molecule has 0 fully saturated rings. The van der Waals surface area contributed by atoms with Gasteiger partial charge in [0.1, 0.15) is 0 Å². The lowest BCUT2D eigenvalue weighted by atomic mass is 9.81. The van der Waals surface area contributed by atoms with E-state index in [0.717, 1.165) is 12.8 Å². The molecule has 0 nitrogen and oxygen atoms in total. The SMILES string of the molecule is C=C(C)CCC(C(=C)C)C(C)C(=C)C. The summed E-state index contributed by atoms with van der Waals surface area (Å²) >= 11 is 0. The van der Waals surface area contributed by atoms with Crippen molar-refractivity contribution in [3.8, 4) is 0 Å². The number of allylic oxidation sites excluding steroid dienone is 3. The molecule has 0 aromatic carbocycles. The van der Waals surface area contributed by atoms with E-state index in [1.165, 1.54) is 16.7 Å². The van der Waals surface area contributed by atoms with Crippen LogP contribution in [0.4, 0.5) is 0 Å². The van der Waals surface area contributed by atoms with Crippen LogP contribution in [0.5, 0.6) is 0 Å². The van der Waals surface area contributed by atoms with Gasteiger partial charge in [0.2, 0.25) is 0 Å². The normalized spacial score (nSPS) is 14.6. The number of rotatable bonds is 6. The molecule has 0 aliphatic heterocycles. The van der Waals surface area contributed by atoms with Gasteiger partial charge in [0, 0.05) is 0 Å². The van der Waals surface area contributed by atoms with Crippen molar-refractivity contribution in [1.29, 1.82) is 0 Å². The van der Waals surface area contributed by atoms with Gasteiger partial charge in [-0.25, -0.2) is 0 Å². The third-order valence-corrected chi connectivity index (χ3v) is 2.90. The second-order valence-corrected chi connectivity index (χ2v) is 4.58. The van der Waals surface area contributed by atoms with Gasteiger partial charge in [-0.2, -0.15) is 0 Å². The number of hydrogen-bond acceptors (Lipinski definition) is 0. The molecule has 14 heavy (non-hydrogen) atoms. The minimum Gasteiger partial charge on any atom is -0.100 e. The molecule has 2 unspecified atom stereocenters. The minimum atomic E-state index is 0.534. The van der Waals surface area contributed by atoms with Crippen LogP contribution in [-0.4, -0.2) is 0 Å². The van der Waals surface area contributed by atoms with Crippen LogP contribution in [0.25, 0.3) is 0 Å². The lowest BCUT2D eigenvalue weighted by molar-refractivity contribution is 0.435. The molecule has 0 saturated carbocycles. The van der Waals surface area contributed by atoms with E-state index in [1.807, 2.05) is 0 Å². The van der Waals surface area contributed by atoms with Crippen LogP contribution in [0, 0.1) is 11.8 Å². The largest absolute Gasteiger partial charge is 0.100 e. The quantitative estimate of drug-likeness (QED) is 0.533. The van der Waals surface area contributed by atoms with Crippen LogP contribution in [0.1, 0.15) is 40.5 Å². The lowest BCUT2D eigenvalue weighted by Gasteiger charge is -2.24. The van der Waals surface area contributed by atoms with Crippen molar-refractivity contribution in [2.24, 2.45) is 11.8 Å². The second-order valence-electron chi connectivity index (χ2n) is 4.58. The zero-order valence-corrected chi connectivity index (χ0v) is 10.2. The Balaban J connectivity index is 4.37. The Morgan fingerprint density at radius 2 is 1.50 bits per heavy atom. The molecule has 0 radical (unpaired) electrons. The Morgan fingerprint density at radius 1 is 1.00 bits per heavy atom. The molecular weight excluding hydrogens is 168 g/mol. The highest BCUT2D eigenvalue weighted by molar-refractivity contribution is 5.08. The van der Waals surface area contributed by atoms with Gasteiger partial charge in [-0.3, -0.25) is 0 Å². The van der Waals surface area contributed by atoms with Crippen molar-refractivity contribution in [2.45, 2.75) is 40.5 Å². The molecule has 0 heteroatoms. The van der Waals surface area contributed by atoms with E-state index in [2.05, 4.69) is 47.4 Å². The van der Waals surface area contributed by atoms with E-state index in [0.29, 0.717) is 11.8 Å². The van der Waals surface area contributed by atoms with Crippen LogP contribution < -0.4 is 0 Å². The zero-order chi connectivity index (χ0) is 11.3. The van der Waals surface area contributed by atoms with Gasteiger partial charge in [-0.15, -0.1) is 6.58 Å². The smallest absolute Gasteiger partial charge is 0.0143 e. The summed E-state index contributed by atoms with van der Waals surface area (Å²) in [4.78, 5) is 0. The van der Waals surface area contributed by atoms with Crippen molar-refractivity contribution in [3.63, 3.8) is 0 Å². The van der Waals surface area contributed by atoms with Gasteiger partial charge in [-0.1, -0.05) is 36.8 Å². The Hall–Kier alpha value is -0.780. The average Bonchev–Trinajstić information content (AvgIpc) is 2.02. The molecule has 0 N–H and O–H groups in total. The van der Waals surface area contributed by atoms with Gasteiger partial charge in [-0.05, 0) is 45.4 Å². The van der Waals surface area contributed by atoms with Gasteiger partial charge in [0.15, 0.2) is 0 Å². The first kappa shape index (κ1) is 13.2. The van der Waals surface area contributed by atoms with Crippen LogP contribution in [0.3, 0.4) is 0 Å². The Bertz CT molecular complexity index is 232. The minimum absolute atomic E-state index is 0.534. The van der Waals surface area contributed by atoms with Gasteiger partial charge in [0.25, 0.3) is 0 Å². The topological polar surface area (TPSA) is 0 Å². The van der Waals surface area contributed by atoms with Gasteiger partial charge in [0.05, 0.1) is 0 Å².